The van der Waals surface area contributed by atoms with Crippen LogP contribution < -0.4 is 4.74 Å². The Balaban J connectivity index is 2.41. The fourth-order valence-electron chi connectivity index (χ4n) is 2.48. The van der Waals surface area contributed by atoms with Gasteiger partial charge in [0.05, 0.1) is 13.2 Å². The lowest BCUT2D eigenvalue weighted by molar-refractivity contribution is 0.279. The van der Waals surface area contributed by atoms with Crippen LogP contribution in [-0.4, -0.2) is 23.4 Å². The van der Waals surface area contributed by atoms with E-state index in [4.69, 9.17) is 4.74 Å². The molecule has 3 heteroatoms. The van der Waals surface area contributed by atoms with Crippen LogP contribution >= 0.6 is 0 Å². The molecule has 2 N–H and O–H groups in total. The molecular weight excluding hydrogens is 288 g/mol. The van der Waals surface area contributed by atoms with Gasteiger partial charge in [0.15, 0.2) is 0 Å². The van der Waals surface area contributed by atoms with Crippen LogP contribution in [0.4, 0.5) is 0 Å². The van der Waals surface area contributed by atoms with E-state index in [-0.39, 0.29) is 25.0 Å². The molecule has 23 heavy (non-hydrogen) atoms. The van der Waals surface area contributed by atoms with Crippen LogP contribution in [0.2, 0.25) is 0 Å². The number of hydrogen-bond acceptors (Lipinski definition) is 3. The summed E-state index contributed by atoms with van der Waals surface area (Å²) >= 11 is 0. The second kappa shape index (κ2) is 8.32. The minimum Gasteiger partial charge on any atom is -0.457 e. The first-order valence-corrected chi connectivity index (χ1v) is 7.57. The van der Waals surface area contributed by atoms with Gasteiger partial charge in [0.25, 0.3) is 0 Å². The Bertz CT molecular complexity index is 606. The van der Waals surface area contributed by atoms with Crippen LogP contribution in [0, 0.1) is 0 Å². The number of ether oxygens (including phenoxy) is 1. The summed E-state index contributed by atoms with van der Waals surface area (Å²) in [5, 5.41) is 19.0. The highest BCUT2D eigenvalue weighted by Crippen LogP contribution is 2.35. The minimum atomic E-state index is -0.189. The summed E-state index contributed by atoms with van der Waals surface area (Å²) in [7, 11) is 0. The number of hydrogen-bond donors (Lipinski definition) is 2. The number of aliphatic hydroxyl groups excluding tert-OH is 2. The van der Waals surface area contributed by atoms with Crippen molar-refractivity contribution in [3.05, 3.63) is 85.0 Å². The number of benzene rings is 2. The lowest BCUT2D eigenvalue weighted by Gasteiger charge is -2.19. The molecule has 3 nitrogen and oxygen atoms in total. The smallest absolute Gasteiger partial charge is 0.131 e. The molecule has 0 saturated heterocycles. The van der Waals surface area contributed by atoms with E-state index in [1.54, 1.807) is 12.2 Å². The standard InChI is InChI=1S/C20H22O3/c1-3-15(13-21)17-9-5-7-11-19(17)23-20-12-8-6-10-18(20)16(4-2)14-22/h3-12,15-16,21-22H,1-2,13-14H2. The van der Waals surface area contributed by atoms with E-state index in [9.17, 15) is 10.2 Å². The fraction of sp³-hybridized carbons (Fsp3) is 0.200. The van der Waals surface area contributed by atoms with Crippen molar-refractivity contribution >= 4 is 0 Å². The van der Waals surface area contributed by atoms with E-state index < -0.39 is 0 Å². The van der Waals surface area contributed by atoms with E-state index in [1.807, 2.05) is 48.5 Å². The predicted octanol–water partition coefficient (Wildman–Crippen LogP) is 4.00. The van der Waals surface area contributed by atoms with E-state index >= 15 is 0 Å². The molecule has 0 aromatic heterocycles. The fourth-order valence-corrected chi connectivity index (χ4v) is 2.48. The van der Waals surface area contributed by atoms with Gasteiger partial charge in [0, 0.05) is 23.0 Å². The van der Waals surface area contributed by atoms with Crippen molar-refractivity contribution < 1.29 is 14.9 Å². The zero-order valence-corrected chi connectivity index (χ0v) is 13.1. The average Bonchev–Trinajstić information content (AvgIpc) is 2.60. The number of para-hydroxylation sites is 2. The number of aliphatic hydroxyl groups is 2. The van der Waals surface area contributed by atoms with Gasteiger partial charge in [-0.3, -0.25) is 0 Å². The SMILES string of the molecule is C=CC(CO)c1ccccc1Oc1ccccc1C(C=C)CO. The summed E-state index contributed by atoms with van der Waals surface area (Å²) < 4.78 is 6.09. The molecule has 0 saturated carbocycles. The van der Waals surface area contributed by atoms with Gasteiger partial charge in [-0.2, -0.15) is 0 Å². The van der Waals surface area contributed by atoms with Crippen molar-refractivity contribution in [3.8, 4) is 11.5 Å². The Morgan fingerprint density at radius 1 is 0.783 bits per heavy atom. The summed E-state index contributed by atoms with van der Waals surface area (Å²) in [4.78, 5) is 0. The third-order valence-electron chi connectivity index (χ3n) is 3.82. The van der Waals surface area contributed by atoms with Crippen LogP contribution in [0.5, 0.6) is 11.5 Å². The van der Waals surface area contributed by atoms with Crippen LogP contribution in [0.3, 0.4) is 0 Å². The maximum absolute atomic E-state index is 9.52. The normalized spacial score (nSPS) is 13.1. The molecule has 0 radical (unpaired) electrons. The lowest BCUT2D eigenvalue weighted by Crippen LogP contribution is -2.05. The first-order chi connectivity index (χ1) is 11.2. The van der Waals surface area contributed by atoms with Gasteiger partial charge >= 0.3 is 0 Å². The highest BCUT2D eigenvalue weighted by Gasteiger charge is 2.16. The van der Waals surface area contributed by atoms with Gasteiger partial charge in [-0.05, 0) is 12.1 Å². The third-order valence-corrected chi connectivity index (χ3v) is 3.82. The predicted molar refractivity (Wildman–Crippen MR) is 93.0 cm³/mol. The highest BCUT2D eigenvalue weighted by molar-refractivity contribution is 5.45. The maximum Gasteiger partial charge on any atom is 0.131 e. The molecule has 0 heterocycles. The Labute approximate surface area is 137 Å². The lowest BCUT2D eigenvalue weighted by atomic mass is 9.98. The van der Waals surface area contributed by atoms with Crippen LogP contribution in [0.1, 0.15) is 23.0 Å². The Kier molecular flexibility index (Phi) is 6.15. The summed E-state index contributed by atoms with van der Waals surface area (Å²) in [5.74, 6) is 0.956. The monoisotopic (exact) mass is 310 g/mol. The van der Waals surface area contributed by atoms with E-state index in [1.165, 1.54) is 0 Å². The molecule has 0 aliphatic rings. The largest absolute Gasteiger partial charge is 0.457 e. The zero-order chi connectivity index (χ0) is 16.7. The molecule has 0 spiro atoms. The van der Waals surface area contributed by atoms with Crippen molar-refractivity contribution in [2.75, 3.05) is 13.2 Å². The van der Waals surface area contributed by atoms with Crippen molar-refractivity contribution in [2.45, 2.75) is 11.8 Å². The first-order valence-electron chi connectivity index (χ1n) is 7.57. The summed E-state index contributed by atoms with van der Waals surface area (Å²) in [6, 6.07) is 15.1. The third kappa shape index (κ3) is 3.89. The molecule has 0 aliphatic carbocycles. The van der Waals surface area contributed by atoms with Crippen molar-refractivity contribution in [2.24, 2.45) is 0 Å². The molecule has 2 aromatic carbocycles. The van der Waals surface area contributed by atoms with Gasteiger partial charge in [-0.1, -0.05) is 48.6 Å². The van der Waals surface area contributed by atoms with Crippen LogP contribution in [0.15, 0.2) is 73.8 Å². The first kappa shape index (κ1) is 17.0. The molecule has 0 aliphatic heterocycles. The minimum absolute atomic E-state index is 0.0303. The van der Waals surface area contributed by atoms with Gasteiger partial charge in [0.1, 0.15) is 11.5 Å². The summed E-state index contributed by atoms with van der Waals surface area (Å²) in [5.41, 5.74) is 1.75. The van der Waals surface area contributed by atoms with Crippen LogP contribution in [-0.2, 0) is 0 Å². The molecule has 2 atom stereocenters. The average molecular weight is 310 g/mol. The Hall–Kier alpha value is -2.36. The van der Waals surface area contributed by atoms with E-state index in [0.29, 0.717) is 11.5 Å². The topological polar surface area (TPSA) is 49.7 Å². The van der Waals surface area contributed by atoms with Gasteiger partial charge < -0.3 is 14.9 Å². The molecule has 0 fully saturated rings. The van der Waals surface area contributed by atoms with Crippen LogP contribution in [0.25, 0.3) is 0 Å². The summed E-state index contributed by atoms with van der Waals surface area (Å²) in [6.07, 6.45) is 3.41. The molecule has 0 amide bonds. The molecule has 2 rings (SSSR count). The second-order valence-corrected chi connectivity index (χ2v) is 5.23. The van der Waals surface area contributed by atoms with E-state index in [2.05, 4.69) is 13.2 Å². The second-order valence-electron chi connectivity index (χ2n) is 5.23. The number of rotatable bonds is 8. The van der Waals surface area contributed by atoms with Gasteiger partial charge in [0.2, 0.25) is 0 Å². The van der Waals surface area contributed by atoms with Gasteiger partial charge in [-0.15, -0.1) is 13.2 Å². The zero-order valence-electron chi connectivity index (χ0n) is 13.1. The molecule has 2 unspecified atom stereocenters. The maximum atomic E-state index is 9.52. The van der Waals surface area contributed by atoms with Crippen molar-refractivity contribution in [1.29, 1.82) is 0 Å². The Morgan fingerprint density at radius 3 is 1.52 bits per heavy atom. The summed E-state index contributed by atoms with van der Waals surface area (Å²) in [6.45, 7) is 7.47. The quantitative estimate of drug-likeness (QED) is 0.725. The molecular formula is C20H22O3. The Morgan fingerprint density at radius 2 is 1.17 bits per heavy atom. The molecule has 2 aromatic rings. The highest BCUT2D eigenvalue weighted by atomic mass is 16.5. The molecule has 120 valence electrons. The van der Waals surface area contributed by atoms with Crippen molar-refractivity contribution in [3.63, 3.8) is 0 Å². The van der Waals surface area contributed by atoms with Gasteiger partial charge in [-0.25, -0.2) is 0 Å². The van der Waals surface area contributed by atoms with Crippen molar-refractivity contribution in [1.82, 2.24) is 0 Å². The molecule has 0 bridgehead atoms. The van der Waals surface area contributed by atoms with E-state index in [0.717, 1.165) is 11.1 Å².